The zero-order valence-electron chi connectivity index (χ0n) is 18.9. The molecule has 0 spiro atoms. The van der Waals surface area contributed by atoms with Crippen LogP contribution in [0.3, 0.4) is 0 Å². The summed E-state index contributed by atoms with van der Waals surface area (Å²) in [6.45, 7) is -0.0922. The van der Waals surface area contributed by atoms with Crippen LogP contribution in [-0.4, -0.2) is 38.2 Å². The summed E-state index contributed by atoms with van der Waals surface area (Å²) < 4.78 is 72.6. The van der Waals surface area contributed by atoms with Crippen LogP contribution in [0.5, 0.6) is 17.2 Å². The first kappa shape index (κ1) is 25.5. The van der Waals surface area contributed by atoms with Gasteiger partial charge in [-0.25, -0.2) is 26.3 Å². The topological polar surface area (TPSA) is 120 Å². The van der Waals surface area contributed by atoms with Crippen molar-refractivity contribution in [2.75, 3.05) is 21.3 Å². The summed E-state index contributed by atoms with van der Waals surface area (Å²) in [6.07, 6.45) is 0. The Morgan fingerprint density at radius 3 is 1.59 bits per heavy atom. The number of ether oxygens (including phenoxy) is 3. The first-order valence-electron chi connectivity index (χ1n) is 10.1. The van der Waals surface area contributed by atoms with Crippen molar-refractivity contribution < 1.29 is 31.0 Å². The molecule has 0 unspecified atom stereocenters. The molecule has 0 aliphatic carbocycles. The molecule has 0 heterocycles. The number of para-hydroxylation sites is 2. The monoisotopic (exact) mass is 506 g/mol. The van der Waals surface area contributed by atoms with Gasteiger partial charge in [-0.2, -0.15) is 0 Å². The molecule has 0 fully saturated rings. The lowest BCUT2D eigenvalue weighted by atomic mass is 10.2. The standard InChI is InChI=1S/C23H26N2O7S2/c1-30-20-10-6-4-8-17(20)15-24-33(26,27)19-12-13-22(32-3)23(14-19)34(28,29)25-16-18-9-5-7-11-21(18)31-2/h4-14,24-25H,15-16H2,1-3H3. The van der Waals surface area contributed by atoms with Crippen molar-refractivity contribution in [2.45, 2.75) is 22.9 Å². The molecule has 3 rings (SSSR count). The highest BCUT2D eigenvalue weighted by Crippen LogP contribution is 2.28. The molecule has 0 aromatic heterocycles. The van der Waals surface area contributed by atoms with Crippen LogP contribution in [0.1, 0.15) is 11.1 Å². The lowest BCUT2D eigenvalue weighted by Crippen LogP contribution is -2.26. The van der Waals surface area contributed by atoms with Gasteiger partial charge < -0.3 is 14.2 Å². The molecule has 2 N–H and O–H groups in total. The Morgan fingerprint density at radius 2 is 1.09 bits per heavy atom. The van der Waals surface area contributed by atoms with E-state index in [4.69, 9.17) is 14.2 Å². The van der Waals surface area contributed by atoms with E-state index in [1.807, 2.05) is 0 Å². The fourth-order valence-electron chi connectivity index (χ4n) is 3.24. The Bertz CT molecular complexity index is 1360. The van der Waals surface area contributed by atoms with E-state index in [-0.39, 0.29) is 28.6 Å². The highest BCUT2D eigenvalue weighted by Gasteiger charge is 2.24. The van der Waals surface area contributed by atoms with Gasteiger partial charge in [-0.05, 0) is 30.3 Å². The molecule has 0 saturated carbocycles. The first-order chi connectivity index (χ1) is 16.2. The second-order valence-corrected chi connectivity index (χ2v) is 10.6. The second kappa shape index (κ2) is 10.9. The summed E-state index contributed by atoms with van der Waals surface area (Å²) in [5.41, 5.74) is 1.25. The van der Waals surface area contributed by atoms with E-state index in [1.165, 1.54) is 33.5 Å². The summed E-state index contributed by atoms with van der Waals surface area (Å²) in [5.74, 6) is 1.06. The quantitative estimate of drug-likeness (QED) is 0.410. The minimum atomic E-state index is -4.13. The van der Waals surface area contributed by atoms with Crippen molar-refractivity contribution in [1.29, 1.82) is 0 Å². The van der Waals surface area contributed by atoms with Crippen molar-refractivity contribution in [1.82, 2.24) is 9.44 Å². The van der Waals surface area contributed by atoms with Gasteiger partial charge in [0.2, 0.25) is 20.0 Å². The second-order valence-electron chi connectivity index (χ2n) is 7.09. The number of hydrogen-bond acceptors (Lipinski definition) is 7. The van der Waals surface area contributed by atoms with Crippen molar-refractivity contribution >= 4 is 20.0 Å². The molecule has 182 valence electrons. The number of hydrogen-bond donors (Lipinski definition) is 2. The van der Waals surface area contributed by atoms with Gasteiger partial charge in [0.15, 0.2) is 0 Å². The predicted octanol–water partition coefficient (Wildman–Crippen LogP) is 2.67. The van der Waals surface area contributed by atoms with Gasteiger partial charge in [-0.3, -0.25) is 0 Å². The van der Waals surface area contributed by atoms with Gasteiger partial charge in [0.1, 0.15) is 22.1 Å². The Balaban J connectivity index is 1.86. The fourth-order valence-corrected chi connectivity index (χ4v) is 5.55. The zero-order chi connectivity index (χ0) is 24.8. The number of sulfonamides is 2. The molecule has 0 radical (unpaired) electrons. The Kier molecular flexibility index (Phi) is 8.15. The minimum Gasteiger partial charge on any atom is -0.496 e. The van der Waals surface area contributed by atoms with E-state index in [0.29, 0.717) is 22.6 Å². The van der Waals surface area contributed by atoms with Crippen LogP contribution < -0.4 is 23.7 Å². The van der Waals surface area contributed by atoms with E-state index in [1.54, 1.807) is 48.5 Å². The zero-order valence-corrected chi connectivity index (χ0v) is 20.6. The first-order valence-corrected chi connectivity index (χ1v) is 13.1. The lowest BCUT2D eigenvalue weighted by Gasteiger charge is -2.14. The van der Waals surface area contributed by atoms with Gasteiger partial charge in [0.05, 0.1) is 26.2 Å². The molecule has 0 atom stereocenters. The Morgan fingerprint density at radius 1 is 0.618 bits per heavy atom. The third-order valence-corrected chi connectivity index (χ3v) is 7.85. The number of nitrogens with one attached hydrogen (secondary N) is 2. The van der Waals surface area contributed by atoms with Crippen molar-refractivity contribution in [3.05, 3.63) is 77.9 Å². The average molecular weight is 507 g/mol. The maximum absolute atomic E-state index is 13.1. The van der Waals surface area contributed by atoms with Gasteiger partial charge in [-0.15, -0.1) is 0 Å². The summed E-state index contributed by atoms with van der Waals surface area (Å²) >= 11 is 0. The SMILES string of the molecule is COc1ccccc1CNS(=O)(=O)c1ccc(OC)c(S(=O)(=O)NCc2ccccc2OC)c1. The maximum atomic E-state index is 13.1. The van der Waals surface area contributed by atoms with E-state index in [9.17, 15) is 16.8 Å². The van der Waals surface area contributed by atoms with Crippen molar-refractivity contribution in [2.24, 2.45) is 0 Å². The molecule has 9 nitrogen and oxygen atoms in total. The predicted molar refractivity (Wildman–Crippen MR) is 127 cm³/mol. The van der Waals surface area contributed by atoms with Crippen LogP contribution in [0.4, 0.5) is 0 Å². The van der Waals surface area contributed by atoms with Crippen LogP contribution >= 0.6 is 0 Å². The van der Waals surface area contributed by atoms with Crippen LogP contribution in [-0.2, 0) is 33.1 Å². The summed E-state index contributed by atoms with van der Waals surface area (Å²) in [4.78, 5) is -0.522. The lowest BCUT2D eigenvalue weighted by molar-refractivity contribution is 0.401. The van der Waals surface area contributed by atoms with Crippen LogP contribution in [0.15, 0.2) is 76.5 Å². The van der Waals surface area contributed by atoms with E-state index >= 15 is 0 Å². The van der Waals surface area contributed by atoms with E-state index in [0.717, 1.165) is 6.07 Å². The van der Waals surface area contributed by atoms with Crippen LogP contribution in [0.2, 0.25) is 0 Å². The van der Waals surface area contributed by atoms with Crippen LogP contribution in [0, 0.1) is 0 Å². The average Bonchev–Trinajstić information content (AvgIpc) is 2.86. The maximum Gasteiger partial charge on any atom is 0.244 e. The molecule has 11 heteroatoms. The Labute approximate surface area is 199 Å². The number of rotatable bonds is 11. The van der Waals surface area contributed by atoms with Crippen molar-refractivity contribution in [3.63, 3.8) is 0 Å². The van der Waals surface area contributed by atoms with Crippen molar-refractivity contribution in [3.8, 4) is 17.2 Å². The molecule has 3 aromatic carbocycles. The third-order valence-electron chi connectivity index (χ3n) is 5.03. The molecule has 0 bridgehead atoms. The minimum absolute atomic E-state index is 0.0104. The molecule has 3 aromatic rings. The number of methoxy groups -OCH3 is 3. The Hall–Kier alpha value is -3.12. The normalized spacial score (nSPS) is 11.7. The highest BCUT2D eigenvalue weighted by molar-refractivity contribution is 7.90. The molecular weight excluding hydrogens is 480 g/mol. The summed E-state index contributed by atoms with van der Waals surface area (Å²) in [6, 6.07) is 17.6. The molecule has 0 aliphatic rings. The van der Waals surface area contributed by atoms with Gasteiger partial charge in [0.25, 0.3) is 0 Å². The van der Waals surface area contributed by atoms with Gasteiger partial charge >= 0.3 is 0 Å². The van der Waals surface area contributed by atoms with Crippen LogP contribution in [0.25, 0.3) is 0 Å². The molecule has 0 saturated heterocycles. The van der Waals surface area contributed by atoms with Gasteiger partial charge in [-0.1, -0.05) is 36.4 Å². The number of benzene rings is 3. The van der Waals surface area contributed by atoms with E-state index in [2.05, 4.69) is 9.44 Å². The smallest absolute Gasteiger partial charge is 0.244 e. The molecule has 0 amide bonds. The summed E-state index contributed by atoms with van der Waals surface area (Å²) in [7, 11) is -3.88. The fraction of sp³-hybridized carbons (Fsp3) is 0.217. The molecular formula is C23H26N2O7S2. The van der Waals surface area contributed by atoms with Gasteiger partial charge in [0, 0.05) is 24.2 Å². The summed E-state index contributed by atoms with van der Waals surface area (Å²) in [5, 5.41) is 0. The van der Waals surface area contributed by atoms with E-state index < -0.39 is 20.0 Å². The largest absolute Gasteiger partial charge is 0.496 e. The highest BCUT2D eigenvalue weighted by atomic mass is 32.2. The molecule has 34 heavy (non-hydrogen) atoms. The third kappa shape index (κ3) is 5.86. The molecule has 0 aliphatic heterocycles.